The molecule has 180 valence electrons. The number of hydrogen-bond acceptors (Lipinski definition) is 6. The first kappa shape index (κ1) is 27.3. The highest BCUT2D eigenvalue weighted by molar-refractivity contribution is 5.94. The van der Waals surface area contributed by atoms with Gasteiger partial charge in [0.15, 0.2) is 5.60 Å². The molecule has 3 atom stereocenters. The van der Waals surface area contributed by atoms with E-state index in [1.807, 2.05) is 34.6 Å². The summed E-state index contributed by atoms with van der Waals surface area (Å²) < 4.78 is 0. The van der Waals surface area contributed by atoms with Gasteiger partial charge in [0.25, 0.3) is 5.91 Å². The second-order valence-electron chi connectivity index (χ2n) is 10.1. The molecular weight excluding hydrogens is 402 g/mol. The summed E-state index contributed by atoms with van der Waals surface area (Å²) in [7, 11) is 0. The van der Waals surface area contributed by atoms with Crippen LogP contribution >= 0.6 is 0 Å². The van der Waals surface area contributed by atoms with Gasteiger partial charge < -0.3 is 20.8 Å². The number of nitrogens with one attached hydrogen (secondary N) is 3. The third-order valence-corrected chi connectivity index (χ3v) is 5.79. The minimum absolute atomic E-state index is 0.0441. The van der Waals surface area contributed by atoms with Crippen LogP contribution in [-0.4, -0.2) is 56.9 Å². The van der Waals surface area contributed by atoms with Crippen LogP contribution in [-0.2, 0) is 14.4 Å². The summed E-state index contributed by atoms with van der Waals surface area (Å²) in [6.45, 7) is 8.69. The second kappa shape index (κ2) is 11.8. The number of aliphatic hydroxyl groups excluding tert-OH is 1. The van der Waals surface area contributed by atoms with Crippen molar-refractivity contribution in [1.82, 2.24) is 16.1 Å². The van der Waals surface area contributed by atoms with Gasteiger partial charge >= 0.3 is 0 Å². The Kier molecular flexibility index (Phi) is 10.4. The summed E-state index contributed by atoms with van der Waals surface area (Å²) >= 11 is 0. The lowest BCUT2D eigenvalue weighted by molar-refractivity contribution is -0.164. The highest BCUT2D eigenvalue weighted by atomic mass is 16.5. The fourth-order valence-electron chi connectivity index (χ4n) is 4.27. The molecule has 1 aliphatic rings. The third-order valence-electron chi connectivity index (χ3n) is 5.79. The van der Waals surface area contributed by atoms with Crippen LogP contribution in [0.15, 0.2) is 0 Å². The average molecular weight is 444 g/mol. The Morgan fingerprint density at radius 3 is 2.06 bits per heavy atom. The van der Waals surface area contributed by atoms with Crippen molar-refractivity contribution in [2.24, 2.45) is 17.8 Å². The highest BCUT2D eigenvalue weighted by Crippen LogP contribution is 2.31. The van der Waals surface area contributed by atoms with E-state index in [1.165, 1.54) is 5.48 Å². The van der Waals surface area contributed by atoms with Crippen molar-refractivity contribution in [2.75, 3.05) is 6.61 Å². The first-order valence-electron chi connectivity index (χ1n) is 11.3. The van der Waals surface area contributed by atoms with Gasteiger partial charge in [-0.15, -0.1) is 0 Å². The maximum absolute atomic E-state index is 13.3. The van der Waals surface area contributed by atoms with Gasteiger partial charge in [0.05, 0.1) is 5.92 Å². The van der Waals surface area contributed by atoms with E-state index < -0.39 is 47.9 Å². The Balaban J connectivity index is 3.23. The molecule has 1 fully saturated rings. The number of carbonyl (C=O) groups excluding carboxylic acids is 3. The number of aliphatic hydroxyl groups is 2. The lowest BCUT2D eigenvalue weighted by atomic mass is 9.77. The van der Waals surface area contributed by atoms with Crippen LogP contribution in [0.5, 0.6) is 0 Å². The van der Waals surface area contributed by atoms with E-state index >= 15 is 0 Å². The molecular formula is C22H41N3O6. The zero-order valence-corrected chi connectivity index (χ0v) is 19.5. The van der Waals surface area contributed by atoms with E-state index in [1.54, 1.807) is 0 Å². The molecule has 1 unspecified atom stereocenters. The molecule has 3 amide bonds. The molecule has 0 aromatic carbocycles. The molecule has 0 aliphatic heterocycles. The van der Waals surface area contributed by atoms with Gasteiger partial charge in [0, 0.05) is 18.6 Å². The van der Waals surface area contributed by atoms with Crippen LogP contribution in [0.4, 0.5) is 0 Å². The number of carbonyl (C=O) groups is 3. The predicted octanol–water partition coefficient (Wildman–Crippen LogP) is 1.25. The van der Waals surface area contributed by atoms with Crippen LogP contribution < -0.4 is 16.1 Å². The zero-order valence-electron chi connectivity index (χ0n) is 19.5. The largest absolute Gasteiger partial charge is 0.396 e. The van der Waals surface area contributed by atoms with E-state index in [0.717, 1.165) is 32.1 Å². The van der Waals surface area contributed by atoms with Crippen molar-refractivity contribution in [3.8, 4) is 0 Å². The molecule has 0 radical (unpaired) electrons. The fraction of sp³-hybridized carbons (Fsp3) is 0.864. The fourth-order valence-corrected chi connectivity index (χ4v) is 4.27. The number of hydroxylamine groups is 1. The van der Waals surface area contributed by atoms with Gasteiger partial charge in [-0.3, -0.25) is 19.6 Å². The van der Waals surface area contributed by atoms with Crippen LogP contribution in [0, 0.1) is 17.8 Å². The molecule has 1 rings (SSSR count). The molecule has 9 nitrogen and oxygen atoms in total. The monoisotopic (exact) mass is 443 g/mol. The lowest BCUT2D eigenvalue weighted by Crippen LogP contribution is -2.61. The average Bonchev–Trinajstić information content (AvgIpc) is 2.68. The molecule has 0 spiro atoms. The Morgan fingerprint density at radius 2 is 1.61 bits per heavy atom. The molecule has 6 N–H and O–H groups in total. The van der Waals surface area contributed by atoms with E-state index in [0.29, 0.717) is 0 Å². The van der Waals surface area contributed by atoms with Crippen molar-refractivity contribution in [3.63, 3.8) is 0 Å². The minimum Gasteiger partial charge on any atom is -0.396 e. The summed E-state index contributed by atoms with van der Waals surface area (Å²) in [5, 5.41) is 35.3. The third kappa shape index (κ3) is 8.05. The summed E-state index contributed by atoms with van der Waals surface area (Å²) in [6.07, 6.45) is 4.33. The van der Waals surface area contributed by atoms with Crippen LogP contribution in [0.2, 0.25) is 0 Å². The summed E-state index contributed by atoms with van der Waals surface area (Å²) in [5.74, 6) is -3.46. The van der Waals surface area contributed by atoms with Crippen molar-refractivity contribution < 1.29 is 29.8 Å². The maximum Gasteiger partial charge on any atom is 0.276 e. The zero-order chi connectivity index (χ0) is 23.8. The number of amides is 3. The Bertz CT molecular complexity index is 613. The lowest BCUT2D eigenvalue weighted by Gasteiger charge is -2.37. The number of rotatable bonds is 10. The second-order valence-corrected chi connectivity index (χ2v) is 10.1. The maximum atomic E-state index is 13.3. The summed E-state index contributed by atoms with van der Waals surface area (Å²) in [4.78, 5) is 38.7. The minimum atomic E-state index is -2.31. The van der Waals surface area contributed by atoms with Crippen molar-refractivity contribution in [1.29, 1.82) is 0 Å². The van der Waals surface area contributed by atoms with Gasteiger partial charge in [-0.05, 0) is 51.9 Å². The molecule has 1 saturated carbocycles. The standard InChI is InChI=1S/C22H41N3O6/c1-14(2)13-16(22(30,11-12-26)20(29)25-31)18(27)23-17(15-9-7-6-8-10-15)19(28)24-21(3,4)5/h14-17,26,30-31H,6-13H2,1-5H3,(H,23,27)(H,24,28)(H,25,29)/t16?,17-,22+/m0/s1. The van der Waals surface area contributed by atoms with Crippen molar-refractivity contribution >= 4 is 17.7 Å². The van der Waals surface area contributed by atoms with Crippen LogP contribution in [0.3, 0.4) is 0 Å². The van der Waals surface area contributed by atoms with Gasteiger partial charge in [0.1, 0.15) is 6.04 Å². The molecule has 0 aromatic heterocycles. The molecule has 9 heteroatoms. The van der Waals surface area contributed by atoms with Crippen LogP contribution in [0.1, 0.15) is 79.6 Å². The quantitative estimate of drug-likeness (QED) is 0.221. The Morgan fingerprint density at radius 1 is 1.03 bits per heavy atom. The van der Waals surface area contributed by atoms with Gasteiger partial charge in [0.2, 0.25) is 11.8 Å². The molecule has 31 heavy (non-hydrogen) atoms. The molecule has 0 bridgehead atoms. The molecule has 0 heterocycles. The molecule has 0 aromatic rings. The van der Waals surface area contributed by atoms with Gasteiger partial charge in [-0.1, -0.05) is 33.1 Å². The summed E-state index contributed by atoms with van der Waals surface area (Å²) in [5.41, 5.74) is -1.39. The molecule has 0 saturated heterocycles. The first-order valence-corrected chi connectivity index (χ1v) is 11.3. The first-order chi connectivity index (χ1) is 14.4. The van der Waals surface area contributed by atoms with Gasteiger partial charge in [-0.25, -0.2) is 5.48 Å². The van der Waals surface area contributed by atoms with E-state index in [-0.39, 0.29) is 24.2 Å². The highest BCUT2D eigenvalue weighted by Gasteiger charge is 2.48. The molecule has 1 aliphatic carbocycles. The van der Waals surface area contributed by atoms with Crippen LogP contribution in [0.25, 0.3) is 0 Å². The normalized spacial score (nSPS) is 19.3. The summed E-state index contributed by atoms with van der Waals surface area (Å²) in [6, 6.07) is -0.794. The van der Waals surface area contributed by atoms with E-state index in [9.17, 15) is 24.6 Å². The van der Waals surface area contributed by atoms with Crippen molar-refractivity contribution in [3.05, 3.63) is 0 Å². The predicted molar refractivity (Wildman–Crippen MR) is 116 cm³/mol. The van der Waals surface area contributed by atoms with E-state index in [4.69, 9.17) is 5.21 Å². The Labute approximate surface area is 185 Å². The van der Waals surface area contributed by atoms with Crippen molar-refractivity contribution in [2.45, 2.75) is 96.7 Å². The SMILES string of the molecule is CC(C)CC(C(=O)N[C@H](C(=O)NC(C)(C)C)C1CCCCC1)[C@](O)(CCO)C(=O)NO. The number of hydrogen-bond donors (Lipinski definition) is 6. The van der Waals surface area contributed by atoms with E-state index in [2.05, 4.69) is 10.6 Å². The topological polar surface area (TPSA) is 148 Å². The Hall–Kier alpha value is -1.71. The smallest absolute Gasteiger partial charge is 0.276 e. The van der Waals surface area contributed by atoms with Gasteiger partial charge in [-0.2, -0.15) is 0 Å².